The van der Waals surface area contributed by atoms with Gasteiger partial charge in [0.15, 0.2) is 0 Å². The van der Waals surface area contributed by atoms with E-state index in [1.807, 2.05) is 0 Å². The Balaban J connectivity index is 2.74. The van der Waals surface area contributed by atoms with Gasteiger partial charge in [0, 0.05) is 5.54 Å². The molecule has 0 unspecified atom stereocenters. The number of rotatable bonds is 2. The van der Waals surface area contributed by atoms with Gasteiger partial charge in [-0.25, -0.2) is 4.98 Å². The second-order valence-corrected chi connectivity index (χ2v) is 4.96. The summed E-state index contributed by atoms with van der Waals surface area (Å²) in [7, 11) is 0. The molecule has 1 aromatic heterocycles. The summed E-state index contributed by atoms with van der Waals surface area (Å²) in [4.78, 5) is 4.43. The predicted molar refractivity (Wildman–Crippen MR) is 68.5 cm³/mol. The quantitative estimate of drug-likeness (QED) is 0.840. The summed E-state index contributed by atoms with van der Waals surface area (Å²) < 4.78 is 2.13. The van der Waals surface area contributed by atoms with Gasteiger partial charge in [0.1, 0.15) is 0 Å². The zero-order valence-electron chi connectivity index (χ0n) is 10.4. The maximum absolute atomic E-state index is 6.02. The first-order valence-corrected chi connectivity index (χ1v) is 5.71. The number of aryl methyl sites for hydroxylation is 1. The molecule has 0 bridgehead atoms. The summed E-state index contributed by atoms with van der Waals surface area (Å²) in [6, 6.07) is 6.28. The van der Waals surface area contributed by atoms with Gasteiger partial charge in [0.05, 0.1) is 11.0 Å². The molecule has 3 heteroatoms. The van der Waals surface area contributed by atoms with Gasteiger partial charge in [-0.3, -0.25) is 0 Å². The summed E-state index contributed by atoms with van der Waals surface area (Å²) in [6.45, 7) is 8.60. The molecule has 0 spiro atoms. The molecule has 0 saturated carbocycles. The van der Waals surface area contributed by atoms with Crippen LogP contribution >= 0.6 is 0 Å². The van der Waals surface area contributed by atoms with Crippen LogP contribution < -0.4 is 5.73 Å². The molecule has 0 fully saturated rings. The Labute approximate surface area is 96.3 Å². The van der Waals surface area contributed by atoms with E-state index in [2.05, 4.69) is 55.4 Å². The molecule has 0 aliphatic carbocycles. The van der Waals surface area contributed by atoms with Crippen LogP contribution in [0.4, 0.5) is 5.95 Å². The van der Waals surface area contributed by atoms with E-state index in [4.69, 9.17) is 5.73 Å². The van der Waals surface area contributed by atoms with Crippen molar-refractivity contribution in [3.8, 4) is 0 Å². The zero-order valence-corrected chi connectivity index (χ0v) is 10.4. The van der Waals surface area contributed by atoms with Crippen molar-refractivity contribution in [2.75, 3.05) is 5.73 Å². The van der Waals surface area contributed by atoms with Crippen molar-refractivity contribution in [3.05, 3.63) is 23.8 Å². The molecule has 0 aliphatic rings. The average molecular weight is 217 g/mol. The van der Waals surface area contributed by atoms with Crippen molar-refractivity contribution < 1.29 is 0 Å². The van der Waals surface area contributed by atoms with E-state index in [1.165, 1.54) is 5.56 Å². The van der Waals surface area contributed by atoms with Crippen LogP contribution in [0.5, 0.6) is 0 Å². The molecule has 86 valence electrons. The highest BCUT2D eigenvalue weighted by molar-refractivity contribution is 5.79. The number of nitrogen functional groups attached to an aromatic ring is 1. The molecular weight excluding hydrogens is 198 g/mol. The maximum Gasteiger partial charge on any atom is 0.201 e. The first-order chi connectivity index (χ1) is 7.45. The lowest BCUT2D eigenvalue weighted by atomic mass is 10.0. The van der Waals surface area contributed by atoms with Crippen molar-refractivity contribution in [1.82, 2.24) is 9.55 Å². The van der Waals surface area contributed by atoms with Crippen LogP contribution in [0.2, 0.25) is 0 Å². The molecule has 3 nitrogen and oxygen atoms in total. The topological polar surface area (TPSA) is 43.8 Å². The molecule has 2 rings (SSSR count). The molecule has 1 heterocycles. The molecule has 1 aromatic carbocycles. The van der Waals surface area contributed by atoms with E-state index in [9.17, 15) is 0 Å². The minimum Gasteiger partial charge on any atom is -0.369 e. The van der Waals surface area contributed by atoms with E-state index >= 15 is 0 Å². The van der Waals surface area contributed by atoms with Crippen LogP contribution in [0.1, 0.15) is 32.8 Å². The van der Waals surface area contributed by atoms with E-state index < -0.39 is 0 Å². The van der Waals surface area contributed by atoms with Gasteiger partial charge in [0.2, 0.25) is 5.95 Å². The molecular formula is C13H19N3. The van der Waals surface area contributed by atoms with Gasteiger partial charge in [-0.05, 0) is 44.9 Å². The van der Waals surface area contributed by atoms with E-state index in [0.717, 1.165) is 17.5 Å². The van der Waals surface area contributed by atoms with Crippen LogP contribution in [0, 0.1) is 6.92 Å². The highest BCUT2D eigenvalue weighted by atomic mass is 15.2. The summed E-state index contributed by atoms with van der Waals surface area (Å²) in [5.74, 6) is 0.604. The fourth-order valence-electron chi connectivity index (χ4n) is 2.00. The monoisotopic (exact) mass is 217 g/mol. The standard InChI is InChI=1S/C13H19N3/c1-5-13(3,4)16-11-7-6-9(2)8-10(11)15-12(16)14/h6-8H,5H2,1-4H3,(H2,14,15). The Kier molecular flexibility index (Phi) is 2.41. The van der Waals surface area contributed by atoms with E-state index in [0.29, 0.717) is 5.95 Å². The van der Waals surface area contributed by atoms with Crippen molar-refractivity contribution in [1.29, 1.82) is 0 Å². The van der Waals surface area contributed by atoms with Crippen LogP contribution in [-0.4, -0.2) is 9.55 Å². The number of hydrogen-bond acceptors (Lipinski definition) is 2. The predicted octanol–water partition coefficient (Wildman–Crippen LogP) is 3.07. The smallest absolute Gasteiger partial charge is 0.201 e. The molecule has 0 saturated heterocycles. The zero-order chi connectivity index (χ0) is 11.9. The fraction of sp³-hybridized carbons (Fsp3) is 0.462. The van der Waals surface area contributed by atoms with Gasteiger partial charge in [-0.15, -0.1) is 0 Å². The Morgan fingerprint density at radius 3 is 2.69 bits per heavy atom. The van der Waals surface area contributed by atoms with Gasteiger partial charge < -0.3 is 10.3 Å². The second-order valence-electron chi connectivity index (χ2n) is 4.96. The number of anilines is 1. The maximum atomic E-state index is 6.02. The van der Waals surface area contributed by atoms with Crippen LogP contribution in [0.3, 0.4) is 0 Å². The highest BCUT2D eigenvalue weighted by Gasteiger charge is 2.22. The molecule has 0 amide bonds. The average Bonchev–Trinajstić information content (AvgIpc) is 2.53. The Bertz CT molecular complexity index is 523. The summed E-state index contributed by atoms with van der Waals surface area (Å²) >= 11 is 0. The SMILES string of the molecule is CCC(C)(C)n1c(N)nc2cc(C)ccc21. The molecule has 0 radical (unpaired) electrons. The van der Waals surface area contributed by atoms with Crippen molar-refractivity contribution in [3.63, 3.8) is 0 Å². The first kappa shape index (κ1) is 11.0. The molecule has 2 aromatic rings. The third-order valence-electron chi connectivity index (χ3n) is 3.31. The van der Waals surface area contributed by atoms with Crippen LogP contribution in [0.25, 0.3) is 11.0 Å². The molecule has 16 heavy (non-hydrogen) atoms. The van der Waals surface area contributed by atoms with Gasteiger partial charge in [-0.2, -0.15) is 0 Å². The molecule has 0 aliphatic heterocycles. The number of aromatic nitrogens is 2. The number of fused-ring (bicyclic) bond motifs is 1. The Hall–Kier alpha value is -1.51. The lowest BCUT2D eigenvalue weighted by molar-refractivity contribution is 0.357. The van der Waals surface area contributed by atoms with Crippen molar-refractivity contribution >= 4 is 17.0 Å². The van der Waals surface area contributed by atoms with Crippen LogP contribution in [-0.2, 0) is 5.54 Å². The summed E-state index contributed by atoms with van der Waals surface area (Å²) in [6.07, 6.45) is 1.02. The van der Waals surface area contributed by atoms with E-state index in [1.54, 1.807) is 0 Å². The van der Waals surface area contributed by atoms with Crippen LogP contribution in [0.15, 0.2) is 18.2 Å². The summed E-state index contributed by atoms with van der Waals surface area (Å²) in [5.41, 5.74) is 9.34. The lowest BCUT2D eigenvalue weighted by Crippen LogP contribution is -2.26. The number of nitrogens with two attached hydrogens (primary N) is 1. The number of imidazole rings is 1. The number of benzene rings is 1. The van der Waals surface area contributed by atoms with Crippen molar-refractivity contribution in [2.24, 2.45) is 0 Å². The lowest BCUT2D eigenvalue weighted by Gasteiger charge is -2.26. The number of hydrogen-bond donors (Lipinski definition) is 1. The normalized spacial score (nSPS) is 12.2. The largest absolute Gasteiger partial charge is 0.369 e. The minimum atomic E-state index is 0.00803. The molecule has 2 N–H and O–H groups in total. The third-order valence-corrected chi connectivity index (χ3v) is 3.31. The highest BCUT2D eigenvalue weighted by Crippen LogP contribution is 2.29. The number of nitrogens with zero attached hydrogens (tertiary/aromatic N) is 2. The third kappa shape index (κ3) is 1.56. The van der Waals surface area contributed by atoms with Gasteiger partial charge in [0.25, 0.3) is 0 Å². The Morgan fingerprint density at radius 1 is 1.38 bits per heavy atom. The van der Waals surface area contributed by atoms with Crippen molar-refractivity contribution in [2.45, 2.75) is 39.7 Å². The first-order valence-electron chi connectivity index (χ1n) is 5.71. The fourth-order valence-corrected chi connectivity index (χ4v) is 2.00. The van der Waals surface area contributed by atoms with Gasteiger partial charge in [-0.1, -0.05) is 13.0 Å². The summed E-state index contributed by atoms with van der Waals surface area (Å²) in [5, 5.41) is 0. The molecule has 0 atom stereocenters. The van der Waals surface area contributed by atoms with E-state index in [-0.39, 0.29) is 5.54 Å². The van der Waals surface area contributed by atoms with Gasteiger partial charge >= 0.3 is 0 Å². The second kappa shape index (κ2) is 3.51. The Morgan fingerprint density at radius 2 is 2.06 bits per heavy atom. The minimum absolute atomic E-state index is 0.00803.